The van der Waals surface area contributed by atoms with Crippen molar-refractivity contribution in [3.8, 4) is 17.2 Å². The number of amides is 3. The maximum Gasteiger partial charge on any atom is 0.325 e. The van der Waals surface area contributed by atoms with E-state index in [9.17, 15) is 9.59 Å². The van der Waals surface area contributed by atoms with E-state index in [4.69, 9.17) is 44.5 Å². The summed E-state index contributed by atoms with van der Waals surface area (Å²) in [6.07, 6.45) is 5.40. The third-order valence-electron chi connectivity index (χ3n) is 6.40. The van der Waals surface area contributed by atoms with Crippen molar-refractivity contribution in [2.45, 2.75) is 31.6 Å². The Kier molecular flexibility index (Phi) is 7.40. The topological polar surface area (TPSA) is 129 Å². The lowest BCUT2D eigenvalue weighted by molar-refractivity contribution is 0.0995. The number of nitrogens with two attached hydrogens (primary N) is 2. The Labute approximate surface area is 233 Å². The second-order valence-electron chi connectivity index (χ2n) is 9.08. The van der Waals surface area contributed by atoms with Crippen molar-refractivity contribution < 1.29 is 18.7 Å². The van der Waals surface area contributed by atoms with Crippen molar-refractivity contribution >= 4 is 46.6 Å². The van der Waals surface area contributed by atoms with E-state index in [1.54, 1.807) is 24.3 Å². The predicted octanol–water partition coefficient (Wildman–Crippen LogP) is 6.48. The van der Waals surface area contributed by atoms with Crippen LogP contribution in [0.1, 0.15) is 47.8 Å². The number of nitrogens with zero attached hydrogens (tertiary/aromatic N) is 4. The summed E-state index contributed by atoms with van der Waals surface area (Å²) in [5.74, 6) is -0.737. The SMILES string of the molecule is NC(=O)c1cc(Oc2ccc(N(C(N)=O)c3cc(C4CCCC4)nn3-c3cc(Cl)cc(Cl)c3)c(F)c2)ccn1. The molecule has 4 aromatic rings. The van der Waals surface area contributed by atoms with Crippen molar-refractivity contribution in [3.63, 3.8) is 0 Å². The average molecular weight is 569 g/mol. The number of hydrogen-bond acceptors (Lipinski definition) is 5. The van der Waals surface area contributed by atoms with Crippen molar-refractivity contribution in [2.24, 2.45) is 11.5 Å². The number of carbonyl (C=O) groups is 2. The van der Waals surface area contributed by atoms with Gasteiger partial charge in [0.15, 0.2) is 5.82 Å². The average Bonchev–Trinajstić information content (AvgIpc) is 3.55. The van der Waals surface area contributed by atoms with Crippen molar-refractivity contribution in [1.29, 1.82) is 0 Å². The van der Waals surface area contributed by atoms with Crippen LogP contribution >= 0.6 is 23.2 Å². The van der Waals surface area contributed by atoms with E-state index in [0.29, 0.717) is 15.7 Å². The van der Waals surface area contributed by atoms with E-state index in [1.165, 1.54) is 35.1 Å². The molecular weight excluding hydrogens is 546 g/mol. The summed E-state index contributed by atoms with van der Waals surface area (Å²) in [6.45, 7) is 0. The first-order valence-corrected chi connectivity index (χ1v) is 12.8. The number of primary amides is 2. The van der Waals surface area contributed by atoms with Crippen LogP contribution < -0.4 is 21.1 Å². The molecule has 9 nitrogen and oxygen atoms in total. The molecule has 0 aliphatic heterocycles. The molecule has 2 aromatic carbocycles. The highest BCUT2D eigenvalue weighted by Gasteiger charge is 2.28. The molecule has 200 valence electrons. The molecule has 1 aliphatic carbocycles. The highest BCUT2D eigenvalue weighted by Crippen LogP contribution is 2.39. The smallest absolute Gasteiger partial charge is 0.325 e. The first-order chi connectivity index (χ1) is 18.7. The normalized spacial score (nSPS) is 13.4. The van der Waals surface area contributed by atoms with Crippen LogP contribution in [0.3, 0.4) is 0 Å². The van der Waals surface area contributed by atoms with Gasteiger partial charge in [-0.1, -0.05) is 36.0 Å². The molecule has 5 rings (SSSR count). The lowest BCUT2D eigenvalue weighted by Crippen LogP contribution is -2.33. The minimum absolute atomic E-state index is 0.00283. The zero-order valence-electron chi connectivity index (χ0n) is 20.5. The van der Waals surface area contributed by atoms with Gasteiger partial charge >= 0.3 is 6.03 Å². The van der Waals surface area contributed by atoms with E-state index in [-0.39, 0.29) is 34.6 Å². The molecule has 0 spiro atoms. The lowest BCUT2D eigenvalue weighted by atomic mass is 10.0. The molecule has 0 atom stereocenters. The number of rotatable bonds is 7. The molecule has 2 heterocycles. The number of hydrogen-bond donors (Lipinski definition) is 2. The Balaban J connectivity index is 1.55. The number of carbonyl (C=O) groups excluding carboxylic acids is 2. The fourth-order valence-electron chi connectivity index (χ4n) is 4.65. The number of aromatic nitrogens is 3. The van der Waals surface area contributed by atoms with Crippen LogP contribution in [0.25, 0.3) is 5.69 Å². The van der Waals surface area contributed by atoms with Gasteiger partial charge in [-0.3, -0.25) is 9.78 Å². The number of halogens is 3. The van der Waals surface area contributed by atoms with Crippen LogP contribution in [-0.4, -0.2) is 26.7 Å². The van der Waals surface area contributed by atoms with Gasteiger partial charge in [0.1, 0.15) is 23.0 Å². The zero-order chi connectivity index (χ0) is 27.7. The number of urea groups is 1. The minimum atomic E-state index is -0.921. The van der Waals surface area contributed by atoms with Crippen molar-refractivity contribution in [1.82, 2.24) is 14.8 Å². The molecule has 0 unspecified atom stereocenters. The molecule has 12 heteroatoms. The highest BCUT2D eigenvalue weighted by molar-refractivity contribution is 6.34. The Morgan fingerprint density at radius 2 is 1.67 bits per heavy atom. The summed E-state index contributed by atoms with van der Waals surface area (Å²) < 4.78 is 22.7. The second kappa shape index (κ2) is 10.9. The monoisotopic (exact) mass is 568 g/mol. The van der Waals surface area contributed by atoms with E-state index < -0.39 is 17.8 Å². The quantitative estimate of drug-likeness (QED) is 0.263. The molecule has 4 N–H and O–H groups in total. The minimum Gasteiger partial charge on any atom is -0.457 e. The Morgan fingerprint density at radius 1 is 0.974 bits per heavy atom. The number of benzene rings is 2. The predicted molar refractivity (Wildman–Crippen MR) is 146 cm³/mol. The van der Waals surface area contributed by atoms with Crippen molar-refractivity contribution in [3.05, 3.63) is 88.0 Å². The molecular formula is C27H23Cl2FN6O3. The Morgan fingerprint density at radius 3 is 2.31 bits per heavy atom. The second-order valence-corrected chi connectivity index (χ2v) is 9.95. The van der Waals surface area contributed by atoms with Gasteiger partial charge < -0.3 is 16.2 Å². The Hall–Kier alpha value is -4.15. The summed E-state index contributed by atoms with van der Waals surface area (Å²) in [5, 5.41) is 5.50. The van der Waals surface area contributed by atoms with Gasteiger partial charge in [0, 0.05) is 40.4 Å². The third kappa shape index (κ3) is 5.67. The first-order valence-electron chi connectivity index (χ1n) is 12.1. The molecule has 1 aliphatic rings. The number of anilines is 2. The van der Waals surface area contributed by atoms with Gasteiger partial charge in [-0.25, -0.2) is 18.8 Å². The van der Waals surface area contributed by atoms with Crippen LogP contribution in [0.4, 0.5) is 20.7 Å². The van der Waals surface area contributed by atoms with E-state index in [0.717, 1.165) is 42.3 Å². The molecule has 0 radical (unpaired) electrons. The molecule has 2 aromatic heterocycles. The third-order valence-corrected chi connectivity index (χ3v) is 6.84. The van der Waals surface area contributed by atoms with Gasteiger partial charge in [-0.2, -0.15) is 5.10 Å². The van der Waals surface area contributed by atoms with Gasteiger partial charge in [-0.05, 0) is 49.2 Å². The molecule has 0 saturated heterocycles. The van der Waals surface area contributed by atoms with E-state index >= 15 is 4.39 Å². The summed E-state index contributed by atoms with van der Waals surface area (Å²) in [5.41, 5.74) is 12.2. The van der Waals surface area contributed by atoms with Crippen molar-refractivity contribution in [2.75, 3.05) is 4.90 Å². The Bertz CT molecular complexity index is 1550. The summed E-state index contributed by atoms with van der Waals surface area (Å²) in [4.78, 5) is 29.1. The van der Waals surface area contributed by atoms with E-state index in [1.807, 2.05) is 0 Å². The van der Waals surface area contributed by atoms with Crippen LogP contribution in [0, 0.1) is 5.82 Å². The van der Waals surface area contributed by atoms with Gasteiger partial charge in [-0.15, -0.1) is 0 Å². The molecule has 39 heavy (non-hydrogen) atoms. The molecule has 3 amide bonds. The number of pyridine rings is 1. The van der Waals surface area contributed by atoms with Gasteiger partial charge in [0.25, 0.3) is 5.91 Å². The summed E-state index contributed by atoms with van der Waals surface area (Å²) in [6, 6.07) is 12.4. The van der Waals surface area contributed by atoms with Crippen LogP contribution in [0.2, 0.25) is 10.0 Å². The summed E-state index contributed by atoms with van der Waals surface area (Å²) >= 11 is 12.5. The van der Waals surface area contributed by atoms with Gasteiger partial charge in [0.2, 0.25) is 0 Å². The molecule has 1 saturated carbocycles. The van der Waals surface area contributed by atoms with Gasteiger partial charge in [0.05, 0.1) is 17.1 Å². The maximum atomic E-state index is 15.5. The largest absolute Gasteiger partial charge is 0.457 e. The molecule has 1 fully saturated rings. The van der Waals surface area contributed by atoms with Crippen LogP contribution in [0.5, 0.6) is 11.5 Å². The van der Waals surface area contributed by atoms with E-state index in [2.05, 4.69) is 4.98 Å². The number of ether oxygens (including phenoxy) is 1. The van der Waals surface area contributed by atoms with Crippen LogP contribution in [-0.2, 0) is 0 Å². The highest BCUT2D eigenvalue weighted by atomic mass is 35.5. The standard InChI is InChI=1S/C27H23Cl2FN6O3/c28-16-9-17(29)11-18(10-16)36-25(14-22(34-36)15-3-1-2-4-15)35(27(32)38)24-6-5-19(12-21(24)30)39-20-7-8-33-23(13-20)26(31)37/h5-15H,1-4H2,(H2,31,37)(H2,32,38). The first kappa shape index (κ1) is 26.5. The zero-order valence-corrected chi connectivity index (χ0v) is 22.0. The van der Waals surface area contributed by atoms with Crippen LogP contribution in [0.15, 0.2) is 60.8 Å². The fourth-order valence-corrected chi connectivity index (χ4v) is 5.17. The maximum absolute atomic E-state index is 15.5. The lowest BCUT2D eigenvalue weighted by Gasteiger charge is -2.22. The fraction of sp³-hybridized carbons (Fsp3) is 0.185. The summed E-state index contributed by atoms with van der Waals surface area (Å²) in [7, 11) is 0. The molecule has 0 bridgehead atoms.